The van der Waals surface area contributed by atoms with Crippen molar-refractivity contribution in [1.82, 2.24) is 10.1 Å². The molecule has 0 aliphatic heterocycles. The molecule has 128 valence electrons. The summed E-state index contributed by atoms with van der Waals surface area (Å²) in [5.41, 5.74) is 2.34. The zero-order chi connectivity index (χ0) is 16.8. The second kappa shape index (κ2) is 7.86. The molecule has 0 fully saturated rings. The molecule has 1 heterocycles. The van der Waals surface area contributed by atoms with Gasteiger partial charge in [-0.25, -0.2) is 0 Å². The highest BCUT2D eigenvalue weighted by molar-refractivity contribution is 5.61. The summed E-state index contributed by atoms with van der Waals surface area (Å²) in [5.74, 6) is 1.83. The van der Waals surface area contributed by atoms with Crippen molar-refractivity contribution in [3.8, 4) is 22.9 Å². The van der Waals surface area contributed by atoms with Crippen LogP contribution in [0, 0.1) is 0 Å². The molecular formula is C18H23N3O3. The lowest BCUT2D eigenvalue weighted by Gasteiger charge is -2.12. The van der Waals surface area contributed by atoms with Gasteiger partial charge in [0.05, 0.1) is 14.2 Å². The number of rotatable bonds is 7. The Kier molecular flexibility index (Phi) is 5.36. The highest BCUT2D eigenvalue weighted by atomic mass is 16.5. The van der Waals surface area contributed by atoms with Crippen LogP contribution in [0.15, 0.2) is 34.4 Å². The van der Waals surface area contributed by atoms with Crippen LogP contribution in [0.5, 0.6) is 11.5 Å². The smallest absolute Gasteiger partial charge is 0.321 e. The number of ether oxygens (including phenoxy) is 2. The van der Waals surface area contributed by atoms with Crippen molar-refractivity contribution in [2.45, 2.75) is 32.1 Å². The van der Waals surface area contributed by atoms with Gasteiger partial charge in [0.25, 0.3) is 0 Å². The Morgan fingerprint density at radius 2 is 2.04 bits per heavy atom. The summed E-state index contributed by atoms with van der Waals surface area (Å²) in [6.45, 7) is 0.805. The molecule has 0 amide bonds. The topological polar surface area (TPSA) is 69.4 Å². The molecule has 2 aromatic rings. The molecule has 1 aromatic heterocycles. The fourth-order valence-electron chi connectivity index (χ4n) is 2.85. The van der Waals surface area contributed by atoms with Gasteiger partial charge >= 0.3 is 6.01 Å². The summed E-state index contributed by atoms with van der Waals surface area (Å²) in [7, 11) is 3.21. The van der Waals surface area contributed by atoms with Crippen LogP contribution >= 0.6 is 0 Å². The van der Waals surface area contributed by atoms with Crippen molar-refractivity contribution in [3.05, 3.63) is 29.8 Å². The molecule has 1 N–H and O–H groups in total. The van der Waals surface area contributed by atoms with Crippen LogP contribution in [0.25, 0.3) is 11.4 Å². The van der Waals surface area contributed by atoms with Crippen LogP contribution in [0.4, 0.5) is 6.01 Å². The lowest BCUT2D eigenvalue weighted by atomic mass is 9.97. The molecule has 6 nitrogen and oxygen atoms in total. The maximum absolute atomic E-state index is 5.30. The third-order valence-electron chi connectivity index (χ3n) is 4.18. The van der Waals surface area contributed by atoms with Crippen molar-refractivity contribution >= 4 is 6.01 Å². The Labute approximate surface area is 141 Å². The summed E-state index contributed by atoms with van der Waals surface area (Å²) in [4.78, 5) is 4.39. The number of anilines is 1. The van der Waals surface area contributed by atoms with E-state index < -0.39 is 0 Å². The van der Waals surface area contributed by atoms with Gasteiger partial charge in [0.15, 0.2) is 11.5 Å². The van der Waals surface area contributed by atoms with E-state index in [9.17, 15) is 0 Å². The van der Waals surface area contributed by atoms with Gasteiger partial charge in [-0.15, -0.1) is 0 Å². The number of hydrogen-bond donors (Lipinski definition) is 1. The Hall–Kier alpha value is -2.50. The highest BCUT2D eigenvalue weighted by Crippen LogP contribution is 2.31. The van der Waals surface area contributed by atoms with E-state index in [-0.39, 0.29) is 0 Å². The number of nitrogens with zero attached hydrogens (tertiary/aromatic N) is 2. The van der Waals surface area contributed by atoms with Crippen LogP contribution < -0.4 is 14.8 Å². The van der Waals surface area contributed by atoms with Gasteiger partial charge in [-0.05, 0) is 50.3 Å². The molecule has 1 aliphatic carbocycles. The van der Waals surface area contributed by atoms with Crippen LogP contribution in [0.1, 0.15) is 32.1 Å². The lowest BCUT2D eigenvalue weighted by molar-refractivity contribution is 0.355. The average molecular weight is 329 g/mol. The molecule has 6 heteroatoms. The molecule has 0 atom stereocenters. The van der Waals surface area contributed by atoms with E-state index in [2.05, 4.69) is 21.5 Å². The maximum Gasteiger partial charge on any atom is 0.321 e. The Morgan fingerprint density at radius 1 is 1.17 bits per heavy atom. The largest absolute Gasteiger partial charge is 0.493 e. The van der Waals surface area contributed by atoms with Gasteiger partial charge in [-0.1, -0.05) is 16.8 Å². The van der Waals surface area contributed by atoms with Crippen LogP contribution in [-0.2, 0) is 0 Å². The minimum Gasteiger partial charge on any atom is -0.493 e. The third kappa shape index (κ3) is 3.88. The highest BCUT2D eigenvalue weighted by Gasteiger charge is 2.12. The molecule has 0 saturated carbocycles. The Bertz CT molecular complexity index is 709. The van der Waals surface area contributed by atoms with Gasteiger partial charge in [-0.2, -0.15) is 4.98 Å². The van der Waals surface area contributed by atoms with Gasteiger partial charge in [-0.3, -0.25) is 0 Å². The first-order chi connectivity index (χ1) is 11.8. The second-order valence-corrected chi connectivity index (χ2v) is 5.78. The quantitative estimate of drug-likeness (QED) is 0.773. The van der Waals surface area contributed by atoms with Crippen LogP contribution in [0.3, 0.4) is 0 Å². The molecule has 0 bridgehead atoms. The van der Waals surface area contributed by atoms with E-state index in [4.69, 9.17) is 14.0 Å². The maximum atomic E-state index is 5.30. The van der Waals surface area contributed by atoms with Crippen LogP contribution in [0.2, 0.25) is 0 Å². The molecule has 0 unspecified atom stereocenters. The summed E-state index contributed by atoms with van der Waals surface area (Å²) in [6, 6.07) is 5.98. The van der Waals surface area contributed by atoms with Gasteiger partial charge in [0.2, 0.25) is 5.82 Å². The SMILES string of the molecule is COc1ccc(-c2noc(NCCC3=CCCCC3)n2)cc1OC. The summed E-state index contributed by atoms with van der Waals surface area (Å²) < 4.78 is 15.8. The normalized spacial score (nSPS) is 14.2. The van der Waals surface area contributed by atoms with Crippen LogP contribution in [-0.4, -0.2) is 30.9 Å². The molecule has 1 aliphatic rings. The lowest BCUT2D eigenvalue weighted by Crippen LogP contribution is -2.04. The van der Waals surface area contributed by atoms with E-state index >= 15 is 0 Å². The van der Waals surface area contributed by atoms with Gasteiger partial charge < -0.3 is 19.3 Å². The first-order valence-electron chi connectivity index (χ1n) is 8.28. The van der Waals surface area contributed by atoms with E-state index in [1.807, 2.05) is 18.2 Å². The number of nitrogens with one attached hydrogen (secondary N) is 1. The minimum absolute atomic E-state index is 0.441. The zero-order valence-electron chi connectivity index (χ0n) is 14.2. The number of methoxy groups -OCH3 is 2. The van der Waals surface area contributed by atoms with Crippen molar-refractivity contribution in [3.63, 3.8) is 0 Å². The molecule has 1 aromatic carbocycles. The third-order valence-corrected chi connectivity index (χ3v) is 4.18. The number of benzene rings is 1. The number of allylic oxidation sites excluding steroid dienone is 1. The summed E-state index contributed by atoms with van der Waals surface area (Å²) >= 11 is 0. The van der Waals surface area contributed by atoms with Crippen molar-refractivity contribution in [2.24, 2.45) is 0 Å². The van der Waals surface area contributed by atoms with Gasteiger partial charge in [0, 0.05) is 12.1 Å². The van der Waals surface area contributed by atoms with E-state index in [1.54, 1.807) is 14.2 Å². The molecule has 0 spiro atoms. The first kappa shape index (κ1) is 16.4. The van der Waals surface area contributed by atoms with Crippen molar-refractivity contribution < 1.29 is 14.0 Å². The number of hydrogen-bond acceptors (Lipinski definition) is 6. The summed E-state index contributed by atoms with van der Waals surface area (Å²) in [5, 5.41) is 7.22. The Morgan fingerprint density at radius 3 is 2.79 bits per heavy atom. The monoisotopic (exact) mass is 329 g/mol. The minimum atomic E-state index is 0.441. The predicted molar refractivity (Wildman–Crippen MR) is 92.5 cm³/mol. The molecule has 3 rings (SSSR count). The molecule has 0 saturated heterocycles. The van der Waals surface area contributed by atoms with E-state index in [0.717, 1.165) is 18.5 Å². The first-order valence-corrected chi connectivity index (χ1v) is 8.28. The Balaban J connectivity index is 1.61. The van der Waals surface area contributed by atoms with Crippen molar-refractivity contribution in [2.75, 3.05) is 26.1 Å². The summed E-state index contributed by atoms with van der Waals surface area (Å²) in [6.07, 6.45) is 8.41. The second-order valence-electron chi connectivity index (χ2n) is 5.78. The van der Waals surface area contributed by atoms with Crippen molar-refractivity contribution in [1.29, 1.82) is 0 Å². The predicted octanol–water partition coefficient (Wildman–Crippen LogP) is 4.06. The zero-order valence-corrected chi connectivity index (χ0v) is 14.2. The molecule has 24 heavy (non-hydrogen) atoms. The molecular weight excluding hydrogens is 306 g/mol. The van der Waals surface area contributed by atoms with E-state index in [1.165, 1.54) is 31.3 Å². The number of aromatic nitrogens is 2. The van der Waals surface area contributed by atoms with Gasteiger partial charge in [0.1, 0.15) is 0 Å². The van der Waals surface area contributed by atoms with E-state index in [0.29, 0.717) is 23.3 Å². The standard InChI is InChI=1S/C18H23N3O3/c1-22-15-9-8-14(12-16(15)23-2)17-20-18(24-21-17)19-11-10-13-6-4-3-5-7-13/h6,8-9,12H,3-5,7,10-11H2,1-2H3,(H,19,20,21). The molecule has 0 radical (unpaired) electrons. The fourth-order valence-corrected chi connectivity index (χ4v) is 2.85. The average Bonchev–Trinajstić information content (AvgIpc) is 3.11. The fraction of sp³-hybridized carbons (Fsp3) is 0.444.